The minimum absolute atomic E-state index is 0.0840. The number of nitrogens with one attached hydrogen (secondary N) is 1. The van der Waals surface area contributed by atoms with Gasteiger partial charge >= 0.3 is 0 Å². The van der Waals surface area contributed by atoms with E-state index in [2.05, 4.69) is 5.32 Å². The zero-order valence-electron chi connectivity index (χ0n) is 9.49. The lowest BCUT2D eigenvalue weighted by Gasteiger charge is -2.11. The third-order valence-electron chi connectivity index (χ3n) is 3.20. The van der Waals surface area contributed by atoms with Gasteiger partial charge in [-0.15, -0.1) is 0 Å². The molecule has 3 heteroatoms. The van der Waals surface area contributed by atoms with E-state index in [1.807, 2.05) is 13.0 Å². The number of carbonyl (C=O) groups is 1. The standard InChI is InChI=1S/C13H17NO2/c1-9-6-7-11(8-12(9)15)14-13(16)10-4-2-3-5-10/h6-8,10,15H,2-5H2,1H3,(H,14,16). The Hall–Kier alpha value is -1.51. The minimum atomic E-state index is 0.0840. The Kier molecular flexibility index (Phi) is 3.13. The van der Waals surface area contributed by atoms with Crippen LogP contribution in [-0.4, -0.2) is 11.0 Å². The predicted molar refractivity (Wildman–Crippen MR) is 63.4 cm³/mol. The van der Waals surface area contributed by atoms with Crippen molar-refractivity contribution in [1.29, 1.82) is 0 Å². The molecule has 0 radical (unpaired) electrons. The second kappa shape index (κ2) is 4.56. The monoisotopic (exact) mass is 219 g/mol. The molecule has 1 amide bonds. The number of phenolic OH excluding ortho intramolecular Hbond substituents is 1. The number of amides is 1. The highest BCUT2D eigenvalue weighted by atomic mass is 16.3. The van der Waals surface area contributed by atoms with Gasteiger partial charge in [-0.05, 0) is 31.4 Å². The molecule has 1 aromatic rings. The topological polar surface area (TPSA) is 49.3 Å². The lowest BCUT2D eigenvalue weighted by atomic mass is 10.1. The summed E-state index contributed by atoms with van der Waals surface area (Å²) in [5, 5.41) is 12.4. The van der Waals surface area contributed by atoms with Crippen LogP contribution in [0, 0.1) is 12.8 Å². The Morgan fingerprint density at radius 2 is 2.06 bits per heavy atom. The van der Waals surface area contributed by atoms with Crippen LogP contribution in [-0.2, 0) is 4.79 Å². The molecule has 3 nitrogen and oxygen atoms in total. The Labute approximate surface area is 95.5 Å². The van der Waals surface area contributed by atoms with Crippen LogP contribution >= 0.6 is 0 Å². The Morgan fingerprint density at radius 3 is 2.69 bits per heavy atom. The van der Waals surface area contributed by atoms with Gasteiger partial charge in [-0.1, -0.05) is 18.9 Å². The number of phenols is 1. The van der Waals surface area contributed by atoms with Gasteiger partial charge in [0.25, 0.3) is 0 Å². The summed E-state index contributed by atoms with van der Waals surface area (Å²) >= 11 is 0. The molecule has 0 bridgehead atoms. The Bertz CT molecular complexity index is 395. The van der Waals surface area contributed by atoms with Crippen LogP contribution in [0.1, 0.15) is 31.2 Å². The third kappa shape index (κ3) is 2.35. The summed E-state index contributed by atoms with van der Waals surface area (Å²) in [6, 6.07) is 5.23. The average molecular weight is 219 g/mol. The summed E-state index contributed by atoms with van der Waals surface area (Å²) in [7, 11) is 0. The number of aromatic hydroxyl groups is 1. The normalized spacial score (nSPS) is 16.3. The predicted octanol–water partition coefficient (Wildman–Crippen LogP) is 2.83. The number of hydrogen-bond donors (Lipinski definition) is 2. The van der Waals surface area contributed by atoms with Crippen LogP contribution in [0.3, 0.4) is 0 Å². The van der Waals surface area contributed by atoms with Crippen molar-refractivity contribution in [3.8, 4) is 5.75 Å². The first-order valence-electron chi connectivity index (χ1n) is 5.77. The largest absolute Gasteiger partial charge is 0.508 e. The summed E-state index contributed by atoms with van der Waals surface area (Å²) in [4.78, 5) is 11.8. The lowest BCUT2D eigenvalue weighted by Crippen LogP contribution is -2.20. The molecule has 1 saturated carbocycles. The molecule has 1 aliphatic carbocycles. The number of aryl methyl sites for hydroxylation is 1. The van der Waals surface area contributed by atoms with E-state index in [9.17, 15) is 9.90 Å². The second-order valence-electron chi connectivity index (χ2n) is 4.47. The maximum absolute atomic E-state index is 11.8. The first-order chi connectivity index (χ1) is 7.66. The van der Waals surface area contributed by atoms with Crippen LogP contribution in [0.5, 0.6) is 5.75 Å². The highest BCUT2D eigenvalue weighted by molar-refractivity contribution is 5.92. The fourth-order valence-electron chi connectivity index (χ4n) is 2.12. The average Bonchev–Trinajstić information content (AvgIpc) is 2.77. The van der Waals surface area contributed by atoms with Gasteiger partial charge in [0, 0.05) is 17.7 Å². The number of hydrogen-bond acceptors (Lipinski definition) is 2. The number of benzene rings is 1. The maximum Gasteiger partial charge on any atom is 0.227 e. The SMILES string of the molecule is Cc1ccc(NC(=O)C2CCCC2)cc1O. The van der Waals surface area contributed by atoms with Crippen LogP contribution in [0.25, 0.3) is 0 Å². The van der Waals surface area contributed by atoms with Crippen molar-refractivity contribution in [3.05, 3.63) is 23.8 Å². The third-order valence-corrected chi connectivity index (χ3v) is 3.20. The molecular formula is C13H17NO2. The van der Waals surface area contributed by atoms with Gasteiger partial charge in [0.2, 0.25) is 5.91 Å². The molecule has 86 valence electrons. The van der Waals surface area contributed by atoms with Gasteiger partial charge in [-0.2, -0.15) is 0 Å². The summed E-state index contributed by atoms with van der Waals surface area (Å²) in [6.45, 7) is 1.83. The van der Waals surface area contributed by atoms with E-state index in [0.29, 0.717) is 5.69 Å². The zero-order valence-corrected chi connectivity index (χ0v) is 9.49. The smallest absolute Gasteiger partial charge is 0.227 e. The van der Waals surface area contributed by atoms with Crippen molar-refractivity contribution >= 4 is 11.6 Å². The van der Waals surface area contributed by atoms with Crippen LogP contribution in [0.4, 0.5) is 5.69 Å². The van der Waals surface area contributed by atoms with E-state index in [1.165, 1.54) is 0 Å². The van der Waals surface area contributed by atoms with E-state index < -0.39 is 0 Å². The van der Waals surface area contributed by atoms with Crippen molar-refractivity contribution < 1.29 is 9.90 Å². The van der Waals surface area contributed by atoms with Gasteiger partial charge in [-0.25, -0.2) is 0 Å². The summed E-state index contributed by atoms with van der Waals surface area (Å²) in [5.74, 6) is 0.466. The van der Waals surface area contributed by atoms with Gasteiger partial charge < -0.3 is 10.4 Å². The van der Waals surface area contributed by atoms with Crippen LogP contribution in [0.15, 0.2) is 18.2 Å². The molecule has 0 unspecified atom stereocenters. The first-order valence-corrected chi connectivity index (χ1v) is 5.77. The van der Waals surface area contributed by atoms with Gasteiger partial charge in [0.1, 0.15) is 5.75 Å². The van der Waals surface area contributed by atoms with E-state index in [-0.39, 0.29) is 17.6 Å². The van der Waals surface area contributed by atoms with E-state index in [0.717, 1.165) is 31.2 Å². The van der Waals surface area contributed by atoms with Crippen LogP contribution in [0.2, 0.25) is 0 Å². The Morgan fingerprint density at radius 1 is 1.38 bits per heavy atom. The zero-order chi connectivity index (χ0) is 11.5. The van der Waals surface area contributed by atoms with Crippen molar-refractivity contribution in [1.82, 2.24) is 0 Å². The molecule has 0 heterocycles. The minimum Gasteiger partial charge on any atom is -0.508 e. The number of carbonyl (C=O) groups excluding carboxylic acids is 1. The summed E-state index contributed by atoms with van der Waals surface area (Å²) < 4.78 is 0. The van der Waals surface area contributed by atoms with E-state index >= 15 is 0 Å². The molecule has 1 aliphatic rings. The molecule has 0 aromatic heterocycles. The van der Waals surface area contributed by atoms with E-state index in [1.54, 1.807) is 12.1 Å². The first kappa shape index (κ1) is 11.0. The van der Waals surface area contributed by atoms with Crippen LogP contribution < -0.4 is 5.32 Å². The number of rotatable bonds is 2. The fraction of sp³-hybridized carbons (Fsp3) is 0.462. The highest BCUT2D eigenvalue weighted by Gasteiger charge is 2.22. The molecule has 0 saturated heterocycles. The van der Waals surface area contributed by atoms with Crippen molar-refractivity contribution in [2.24, 2.45) is 5.92 Å². The molecule has 1 aromatic carbocycles. The molecule has 2 N–H and O–H groups in total. The summed E-state index contributed by atoms with van der Waals surface area (Å²) in [5.41, 5.74) is 1.50. The second-order valence-corrected chi connectivity index (χ2v) is 4.47. The maximum atomic E-state index is 11.8. The van der Waals surface area contributed by atoms with Gasteiger partial charge in [-0.3, -0.25) is 4.79 Å². The molecule has 16 heavy (non-hydrogen) atoms. The van der Waals surface area contributed by atoms with Crippen molar-refractivity contribution in [2.75, 3.05) is 5.32 Å². The molecule has 0 atom stereocenters. The molecule has 1 fully saturated rings. The molecule has 0 aliphatic heterocycles. The summed E-state index contributed by atoms with van der Waals surface area (Å²) in [6.07, 6.45) is 4.28. The quantitative estimate of drug-likeness (QED) is 0.803. The van der Waals surface area contributed by atoms with Crippen molar-refractivity contribution in [2.45, 2.75) is 32.6 Å². The van der Waals surface area contributed by atoms with Gasteiger partial charge in [0.05, 0.1) is 0 Å². The lowest BCUT2D eigenvalue weighted by molar-refractivity contribution is -0.119. The highest BCUT2D eigenvalue weighted by Crippen LogP contribution is 2.27. The van der Waals surface area contributed by atoms with Gasteiger partial charge in [0.15, 0.2) is 0 Å². The van der Waals surface area contributed by atoms with E-state index in [4.69, 9.17) is 0 Å². The molecule has 2 rings (SSSR count). The van der Waals surface area contributed by atoms with Crippen molar-refractivity contribution in [3.63, 3.8) is 0 Å². The Balaban J connectivity index is 2.02. The fourth-order valence-corrected chi connectivity index (χ4v) is 2.12. The number of anilines is 1. The molecular weight excluding hydrogens is 202 g/mol. The molecule has 0 spiro atoms.